The summed E-state index contributed by atoms with van der Waals surface area (Å²) in [6.07, 6.45) is 3.26. The predicted octanol–water partition coefficient (Wildman–Crippen LogP) is 3.77. The van der Waals surface area contributed by atoms with Crippen LogP contribution in [0.4, 0.5) is 10.2 Å². The van der Waals surface area contributed by atoms with E-state index in [1.165, 1.54) is 30.0 Å². The van der Waals surface area contributed by atoms with Crippen molar-refractivity contribution >= 4 is 15.8 Å². The van der Waals surface area contributed by atoms with Crippen LogP contribution < -0.4 is 9.46 Å². The third kappa shape index (κ3) is 5.60. The maximum Gasteiger partial charge on any atom is 0.280 e. The molecule has 0 saturated carbocycles. The maximum atomic E-state index is 13.2. The van der Waals surface area contributed by atoms with Crippen LogP contribution in [0.15, 0.2) is 65.8 Å². The zero-order valence-corrected chi connectivity index (χ0v) is 18.6. The van der Waals surface area contributed by atoms with E-state index in [1.54, 1.807) is 6.92 Å². The summed E-state index contributed by atoms with van der Waals surface area (Å²) in [6, 6.07) is 15.7. The first-order chi connectivity index (χ1) is 15.4. The Morgan fingerprint density at radius 1 is 1.12 bits per heavy atom. The molecule has 0 aliphatic carbocycles. The Balaban J connectivity index is 1.35. The first-order valence-electron chi connectivity index (χ1n) is 10.4. The van der Waals surface area contributed by atoms with E-state index in [9.17, 15) is 12.8 Å². The lowest BCUT2D eigenvalue weighted by molar-refractivity contribution is 0.0958. The largest absolute Gasteiger partial charge is 0.488 e. The molecule has 7 nitrogen and oxygen atoms in total. The van der Waals surface area contributed by atoms with E-state index in [1.807, 2.05) is 6.07 Å². The number of pyridine rings is 2. The number of nitrogens with one attached hydrogen (secondary N) is 1. The van der Waals surface area contributed by atoms with Gasteiger partial charge in [-0.2, -0.15) is 12.8 Å². The number of likely N-dealkylation sites (tertiary alicyclic amines) is 1. The number of hydrogen-bond acceptors (Lipinski definition) is 6. The molecule has 1 N–H and O–H groups in total. The summed E-state index contributed by atoms with van der Waals surface area (Å²) >= 11 is 0. The molecule has 1 aliphatic heterocycles. The SMILES string of the molecule is Cc1cc(S(=O)(=O)Nc2cccc(F)n2)ncc1OC1CCN(Cc2ccccc2)CC1. The fourth-order valence-corrected chi connectivity index (χ4v) is 4.67. The van der Waals surface area contributed by atoms with Crippen molar-refractivity contribution in [2.45, 2.75) is 37.4 Å². The van der Waals surface area contributed by atoms with Gasteiger partial charge >= 0.3 is 0 Å². The summed E-state index contributed by atoms with van der Waals surface area (Å²) in [5, 5.41) is -0.175. The van der Waals surface area contributed by atoms with E-state index in [0.717, 1.165) is 38.5 Å². The summed E-state index contributed by atoms with van der Waals surface area (Å²) in [5.74, 6) is -0.311. The van der Waals surface area contributed by atoms with E-state index in [-0.39, 0.29) is 16.9 Å². The molecule has 0 unspecified atom stereocenters. The first-order valence-corrected chi connectivity index (χ1v) is 11.9. The van der Waals surface area contributed by atoms with Gasteiger partial charge in [0.15, 0.2) is 5.03 Å². The van der Waals surface area contributed by atoms with Gasteiger partial charge in [0.25, 0.3) is 10.0 Å². The number of piperidine rings is 1. The smallest absolute Gasteiger partial charge is 0.280 e. The molecule has 168 valence electrons. The lowest BCUT2D eigenvalue weighted by Gasteiger charge is -2.32. The molecule has 9 heteroatoms. The minimum atomic E-state index is -3.99. The van der Waals surface area contributed by atoms with Gasteiger partial charge in [0.2, 0.25) is 5.95 Å². The summed E-state index contributed by atoms with van der Waals surface area (Å²) in [4.78, 5) is 9.98. The molecule has 4 rings (SSSR count). The Morgan fingerprint density at radius 3 is 2.56 bits per heavy atom. The predicted molar refractivity (Wildman–Crippen MR) is 119 cm³/mol. The molecule has 1 saturated heterocycles. The Bertz CT molecular complexity index is 1170. The standard InChI is InChI=1S/C23H25FN4O3S/c1-17-14-23(32(29,30)27-22-9-5-8-21(24)26-22)25-15-20(17)31-19-10-12-28(13-11-19)16-18-6-3-2-4-7-18/h2-9,14-15,19H,10-13,16H2,1H3,(H,26,27). The number of rotatable bonds is 7. The van der Waals surface area contributed by atoms with Crippen LogP contribution in [-0.4, -0.2) is 42.5 Å². The van der Waals surface area contributed by atoms with Crippen molar-refractivity contribution < 1.29 is 17.5 Å². The van der Waals surface area contributed by atoms with E-state index >= 15 is 0 Å². The average Bonchev–Trinajstić information content (AvgIpc) is 2.77. The maximum absolute atomic E-state index is 13.2. The fourth-order valence-electron chi connectivity index (χ4n) is 3.65. The van der Waals surface area contributed by atoms with Gasteiger partial charge < -0.3 is 4.74 Å². The molecule has 0 atom stereocenters. The third-order valence-corrected chi connectivity index (χ3v) is 6.60. The van der Waals surface area contributed by atoms with Crippen molar-refractivity contribution in [3.05, 3.63) is 77.9 Å². The van der Waals surface area contributed by atoms with Gasteiger partial charge in [-0.25, -0.2) is 9.97 Å². The lowest BCUT2D eigenvalue weighted by Crippen LogP contribution is -2.37. The normalized spacial score (nSPS) is 15.4. The summed E-state index contributed by atoms with van der Waals surface area (Å²) in [5.41, 5.74) is 1.96. The second-order valence-electron chi connectivity index (χ2n) is 7.82. The molecular formula is C23H25FN4O3S. The van der Waals surface area contributed by atoms with Crippen molar-refractivity contribution in [3.8, 4) is 5.75 Å². The van der Waals surface area contributed by atoms with Crippen molar-refractivity contribution in [2.24, 2.45) is 0 Å². The number of hydrogen-bond donors (Lipinski definition) is 1. The van der Waals surface area contributed by atoms with E-state index in [4.69, 9.17) is 4.74 Å². The summed E-state index contributed by atoms with van der Waals surface area (Å²) in [6.45, 7) is 4.57. The van der Waals surface area contributed by atoms with E-state index in [2.05, 4.69) is 43.9 Å². The van der Waals surface area contributed by atoms with Crippen LogP contribution in [0.1, 0.15) is 24.0 Å². The van der Waals surface area contributed by atoms with E-state index in [0.29, 0.717) is 11.3 Å². The molecule has 3 aromatic rings. The Kier molecular flexibility index (Phi) is 6.66. The summed E-state index contributed by atoms with van der Waals surface area (Å²) in [7, 11) is -3.99. The van der Waals surface area contributed by atoms with Crippen molar-refractivity contribution in [1.82, 2.24) is 14.9 Å². The quantitative estimate of drug-likeness (QED) is 0.545. The highest BCUT2D eigenvalue weighted by Crippen LogP contribution is 2.25. The highest BCUT2D eigenvalue weighted by molar-refractivity contribution is 7.92. The van der Waals surface area contributed by atoms with Gasteiger partial charge in [-0.15, -0.1) is 0 Å². The molecule has 1 aliphatic rings. The number of ether oxygens (including phenoxy) is 1. The molecule has 0 amide bonds. The van der Waals surface area contributed by atoms with Crippen molar-refractivity contribution in [3.63, 3.8) is 0 Å². The number of halogens is 1. The number of benzene rings is 1. The lowest BCUT2D eigenvalue weighted by atomic mass is 10.1. The van der Waals surface area contributed by atoms with Gasteiger partial charge in [-0.05, 0) is 49.1 Å². The van der Waals surface area contributed by atoms with Crippen LogP contribution in [0.5, 0.6) is 5.75 Å². The number of anilines is 1. The second kappa shape index (κ2) is 9.62. The van der Waals surface area contributed by atoms with Crippen LogP contribution in [0.25, 0.3) is 0 Å². The average molecular weight is 457 g/mol. The van der Waals surface area contributed by atoms with Crippen LogP contribution in [0, 0.1) is 12.9 Å². The highest BCUT2D eigenvalue weighted by atomic mass is 32.2. The molecular weight excluding hydrogens is 431 g/mol. The van der Waals surface area contributed by atoms with Gasteiger partial charge in [-0.3, -0.25) is 9.62 Å². The Labute approximate surface area is 187 Å². The van der Waals surface area contributed by atoms with E-state index < -0.39 is 16.0 Å². The first kappa shape index (κ1) is 22.2. The zero-order valence-electron chi connectivity index (χ0n) is 17.7. The molecule has 1 fully saturated rings. The number of nitrogens with zero attached hydrogens (tertiary/aromatic N) is 3. The van der Waals surface area contributed by atoms with Crippen LogP contribution in [0.3, 0.4) is 0 Å². The fraction of sp³-hybridized carbons (Fsp3) is 0.304. The summed E-state index contributed by atoms with van der Waals surface area (Å²) < 4.78 is 46.7. The van der Waals surface area contributed by atoms with Crippen LogP contribution in [0.2, 0.25) is 0 Å². The van der Waals surface area contributed by atoms with Gasteiger partial charge in [0.05, 0.1) is 6.20 Å². The molecule has 0 spiro atoms. The van der Waals surface area contributed by atoms with Gasteiger partial charge in [0, 0.05) is 19.6 Å². The Morgan fingerprint density at radius 2 is 1.88 bits per heavy atom. The van der Waals surface area contributed by atoms with Gasteiger partial charge in [-0.1, -0.05) is 36.4 Å². The van der Waals surface area contributed by atoms with Crippen LogP contribution in [-0.2, 0) is 16.6 Å². The van der Waals surface area contributed by atoms with Crippen molar-refractivity contribution in [1.29, 1.82) is 0 Å². The monoisotopic (exact) mass is 456 g/mol. The molecule has 0 bridgehead atoms. The third-order valence-electron chi connectivity index (χ3n) is 5.34. The zero-order chi connectivity index (χ0) is 22.6. The van der Waals surface area contributed by atoms with Gasteiger partial charge in [0.1, 0.15) is 17.7 Å². The topological polar surface area (TPSA) is 84.4 Å². The highest BCUT2D eigenvalue weighted by Gasteiger charge is 2.23. The van der Waals surface area contributed by atoms with Crippen molar-refractivity contribution in [2.75, 3.05) is 17.8 Å². The minimum Gasteiger partial charge on any atom is -0.488 e. The Hall–Kier alpha value is -3.04. The molecule has 0 radical (unpaired) electrons. The molecule has 32 heavy (non-hydrogen) atoms. The molecule has 3 heterocycles. The number of aryl methyl sites for hydroxylation is 1. The molecule has 1 aromatic carbocycles. The minimum absolute atomic E-state index is 0.0552. The molecule has 2 aromatic heterocycles. The number of sulfonamides is 1. The second-order valence-corrected chi connectivity index (χ2v) is 9.45. The van der Waals surface area contributed by atoms with Crippen LogP contribution >= 0.6 is 0 Å². The number of aromatic nitrogens is 2.